The number of hydrogen-bond donors (Lipinski definition) is 3. The lowest BCUT2D eigenvalue weighted by Crippen LogP contribution is -2.25. The predicted molar refractivity (Wildman–Crippen MR) is 74.2 cm³/mol. The number of H-pyrrole nitrogens is 2. The molecule has 3 rings (SSSR count). The minimum Gasteiger partial charge on any atom is -0.352 e. The van der Waals surface area contributed by atoms with Gasteiger partial charge >= 0.3 is 0 Å². The Hall–Kier alpha value is -3.03. The zero-order valence-electron chi connectivity index (χ0n) is 11.1. The van der Waals surface area contributed by atoms with Gasteiger partial charge in [-0.3, -0.25) is 4.79 Å². The highest BCUT2D eigenvalue weighted by Crippen LogP contribution is 2.13. The Balaban J connectivity index is 1.57. The molecule has 0 radical (unpaired) electrons. The molecule has 2 heterocycles. The second-order valence-corrected chi connectivity index (χ2v) is 4.35. The zero-order valence-corrected chi connectivity index (χ0v) is 11.1. The maximum atomic E-state index is 12.0. The number of tetrazole rings is 1. The Morgan fingerprint density at radius 3 is 2.76 bits per heavy atom. The fraction of sp³-hybridized carbons (Fsp3) is 0.154. The molecule has 8 heteroatoms. The van der Waals surface area contributed by atoms with Crippen LogP contribution in [0.15, 0.2) is 36.7 Å². The van der Waals surface area contributed by atoms with Crippen LogP contribution < -0.4 is 5.32 Å². The summed E-state index contributed by atoms with van der Waals surface area (Å²) in [4.78, 5) is 19.1. The maximum absolute atomic E-state index is 12.0. The Bertz CT molecular complexity index is 689. The van der Waals surface area contributed by atoms with Crippen LogP contribution in [0.4, 0.5) is 0 Å². The summed E-state index contributed by atoms with van der Waals surface area (Å²) in [5.74, 6) is 1.23. The predicted octanol–water partition coefficient (Wildman–Crippen LogP) is 0.562. The Labute approximate surface area is 120 Å². The van der Waals surface area contributed by atoms with Gasteiger partial charge in [0.1, 0.15) is 5.82 Å². The van der Waals surface area contributed by atoms with E-state index in [0.717, 1.165) is 11.4 Å². The van der Waals surface area contributed by atoms with Crippen LogP contribution in [-0.4, -0.2) is 43.0 Å². The highest BCUT2D eigenvalue weighted by atomic mass is 16.1. The van der Waals surface area contributed by atoms with Crippen LogP contribution >= 0.6 is 0 Å². The number of aromatic nitrogens is 6. The second-order valence-electron chi connectivity index (χ2n) is 4.35. The van der Waals surface area contributed by atoms with Crippen LogP contribution in [0.25, 0.3) is 11.4 Å². The van der Waals surface area contributed by atoms with Crippen LogP contribution in [-0.2, 0) is 6.42 Å². The van der Waals surface area contributed by atoms with Gasteiger partial charge in [0.2, 0.25) is 5.82 Å². The lowest BCUT2D eigenvalue weighted by Gasteiger charge is -2.04. The van der Waals surface area contributed by atoms with Gasteiger partial charge in [-0.05, 0) is 17.3 Å². The summed E-state index contributed by atoms with van der Waals surface area (Å²) in [6.45, 7) is 0.527. The van der Waals surface area contributed by atoms with Crippen molar-refractivity contribution in [2.45, 2.75) is 6.42 Å². The number of aromatic amines is 2. The van der Waals surface area contributed by atoms with Crippen molar-refractivity contribution in [1.82, 2.24) is 35.9 Å². The quantitative estimate of drug-likeness (QED) is 0.633. The van der Waals surface area contributed by atoms with Crippen molar-refractivity contribution in [2.75, 3.05) is 6.54 Å². The molecule has 0 fully saturated rings. The van der Waals surface area contributed by atoms with Crippen molar-refractivity contribution in [2.24, 2.45) is 0 Å². The van der Waals surface area contributed by atoms with E-state index in [0.29, 0.717) is 24.4 Å². The minimum absolute atomic E-state index is 0.124. The molecular formula is C13H13N7O. The van der Waals surface area contributed by atoms with Gasteiger partial charge in [-0.25, -0.2) is 4.98 Å². The van der Waals surface area contributed by atoms with E-state index in [-0.39, 0.29) is 5.91 Å². The number of imidazole rings is 1. The van der Waals surface area contributed by atoms with Crippen LogP contribution in [0, 0.1) is 0 Å². The van der Waals surface area contributed by atoms with E-state index < -0.39 is 0 Å². The molecule has 0 aliphatic rings. The number of nitrogens with zero attached hydrogens (tertiary/aromatic N) is 4. The molecule has 21 heavy (non-hydrogen) atoms. The SMILES string of the molecule is O=C(NCCc1ncc[nH]1)c1ccc(-c2nn[nH]n2)cc1. The molecule has 0 aliphatic carbocycles. The maximum Gasteiger partial charge on any atom is 0.251 e. The molecule has 3 N–H and O–H groups in total. The molecule has 0 unspecified atom stereocenters. The standard InChI is InChI=1S/C13H13N7O/c21-13(16-6-5-11-14-7-8-15-11)10-3-1-9(2-4-10)12-17-19-20-18-12/h1-4,7-8H,5-6H2,(H,14,15)(H,16,21)(H,17,18,19,20). The number of hydrogen-bond acceptors (Lipinski definition) is 5. The first kappa shape index (κ1) is 13.0. The van der Waals surface area contributed by atoms with E-state index in [1.54, 1.807) is 36.7 Å². The summed E-state index contributed by atoms with van der Waals surface area (Å²) in [5, 5.41) is 16.5. The summed E-state index contributed by atoms with van der Waals surface area (Å²) in [6.07, 6.45) is 4.11. The van der Waals surface area contributed by atoms with Gasteiger partial charge in [0.05, 0.1) is 0 Å². The van der Waals surface area contributed by atoms with Gasteiger partial charge in [0.15, 0.2) is 0 Å². The first-order chi connectivity index (χ1) is 10.3. The van der Waals surface area contributed by atoms with Gasteiger partial charge < -0.3 is 10.3 Å². The molecule has 0 atom stereocenters. The molecule has 8 nitrogen and oxygen atoms in total. The number of amides is 1. The number of carbonyl (C=O) groups excluding carboxylic acids is 1. The van der Waals surface area contributed by atoms with Gasteiger partial charge in [-0.15, -0.1) is 10.2 Å². The molecule has 3 aromatic rings. The Morgan fingerprint density at radius 2 is 2.10 bits per heavy atom. The highest BCUT2D eigenvalue weighted by molar-refractivity contribution is 5.94. The van der Waals surface area contributed by atoms with E-state index in [1.807, 2.05) is 0 Å². The molecule has 1 amide bonds. The van der Waals surface area contributed by atoms with Crippen molar-refractivity contribution in [3.8, 4) is 11.4 Å². The van der Waals surface area contributed by atoms with Gasteiger partial charge in [-0.2, -0.15) is 5.21 Å². The first-order valence-electron chi connectivity index (χ1n) is 6.43. The van der Waals surface area contributed by atoms with Crippen molar-refractivity contribution in [1.29, 1.82) is 0 Å². The van der Waals surface area contributed by atoms with Crippen molar-refractivity contribution in [3.63, 3.8) is 0 Å². The van der Waals surface area contributed by atoms with Crippen molar-refractivity contribution in [3.05, 3.63) is 48.0 Å². The molecule has 0 saturated carbocycles. The summed E-state index contributed by atoms with van der Waals surface area (Å²) >= 11 is 0. The number of benzene rings is 1. The van der Waals surface area contributed by atoms with Crippen LogP contribution in [0.2, 0.25) is 0 Å². The van der Waals surface area contributed by atoms with Crippen LogP contribution in [0.3, 0.4) is 0 Å². The third kappa shape index (κ3) is 3.11. The Morgan fingerprint density at radius 1 is 1.24 bits per heavy atom. The molecule has 0 saturated heterocycles. The zero-order chi connectivity index (χ0) is 14.5. The molecule has 2 aromatic heterocycles. The van der Waals surface area contributed by atoms with Gasteiger partial charge in [0, 0.05) is 36.5 Å². The average molecular weight is 283 g/mol. The third-order valence-corrected chi connectivity index (χ3v) is 2.95. The molecule has 106 valence electrons. The van der Waals surface area contributed by atoms with E-state index in [1.165, 1.54) is 0 Å². The first-order valence-corrected chi connectivity index (χ1v) is 6.43. The molecular weight excluding hydrogens is 270 g/mol. The molecule has 0 spiro atoms. The molecule has 1 aromatic carbocycles. The van der Waals surface area contributed by atoms with Crippen molar-refractivity contribution >= 4 is 5.91 Å². The van der Waals surface area contributed by atoms with E-state index in [2.05, 4.69) is 35.9 Å². The molecule has 0 aliphatic heterocycles. The largest absolute Gasteiger partial charge is 0.352 e. The Kier molecular flexibility index (Phi) is 3.68. The monoisotopic (exact) mass is 283 g/mol. The lowest BCUT2D eigenvalue weighted by atomic mass is 10.1. The van der Waals surface area contributed by atoms with Crippen molar-refractivity contribution < 1.29 is 4.79 Å². The minimum atomic E-state index is -0.124. The summed E-state index contributed by atoms with van der Waals surface area (Å²) in [6, 6.07) is 7.03. The van der Waals surface area contributed by atoms with Gasteiger partial charge in [0.25, 0.3) is 5.91 Å². The number of nitrogens with one attached hydrogen (secondary N) is 3. The van der Waals surface area contributed by atoms with E-state index >= 15 is 0 Å². The van der Waals surface area contributed by atoms with E-state index in [4.69, 9.17) is 0 Å². The van der Waals surface area contributed by atoms with Crippen LogP contribution in [0.1, 0.15) is 16.2 Å². The smallest absolute Gasteiger partial charge is 0.251 e. The summed E-state index contributed by atoms with van der Waals surface area (Å²) in [7, 11) is 0. The lowest BCUT2D eigenvalue weighted by molar-refractivity contribution is 0.0954. The fourth-order valence-electron chi connectivity index (χ4n) is 1.89. The summed E-state index contributed by atoms with van der Waals surface area (Å²) < 4.78 is 0. The van der Waals surface area contributed by atoms with Gasteiger partial charge in [-0.1, -0.05) is 12.1 Å². The fourth-order valence-corrected chi connectivity index (χ4v) is 1.89. The van der Waals surface area contributed by atoms with Crippen LogP contribution in [0.5, 0.6) is 0 Å². The summed E-state index contributed by atoms with van der Waals surface area (Å²) in [5.41, 5.74) is 1.39. The second kappa shape index (κ2) is 5.95. The van der Waals surface area contributed by atoms with E-state index in [9.17, 15) is 4.79 Å². The highest BCUT2D eigenvalue weighted by Gasteiger charge is 2.07. The topological polar surface area (TPSA) is 112 Å². The average Bonchev–Trinajstić information content (AvgIpc) is 3.21. The number of carbonyl (C=O) groups is 1. The third-order valence-electron chi connectivity index (χ3n) is 2.95. The molecule has 0 bridgehead atoms. The normalized spacial score (nSPS) is 10.5. The number of rotatable bonds is 5.